The monoisotopic (exact) mass is 604 g/mol. The van der Waals surface area contributed by atoms with Crippen LogP contribution in [0.2, 0.25) is 10.0 Å². The van der Waals surface area contributed by atoms with Gasteiger partial charge in [-0.05, 0) is 78.4 Å². The molecule has 1 fully saturated rings. The summed E-state index contributed by atoms with van der Waals surface area (Å²) in [4.78, 5) is 39.4. The van der Waals surface area contributed by atoms with Gasteiger partial charge in [0.05, 0.1) is 21.5 Å². The van der Waals surface area contributed by atoms with E-state index in [9.17, 15) is 14.4 Å². The third kappa shape index (κ3) is 6.50. The maximum Gasteiger partial charge on any atom is 0.293 e. The minimum atomic E-state index is -0.431. The van der Waals surface area contributed by atoms with Crippen LogP contribution in [0.1, 0.15) is 16.7 Å². The van der Waals surface area contributed by atoms with Gasteiger partial charge >= 0.3 is 0 Å². The van der Waals surface area contributed by atoms with Gasteiger partial charge in [0.25, 0.3) is 17.1 Å². The van der Waals surface area contributed by atoms with Crippen molar-refractivity contribution in [3.05, 3.63) is 96.8 Å². The van der Waals surface area contributed by atoms with Gasteiger partial charge in [-0.1, -0.05) is 57.3 Å². The van der Waals surface area contributed by atoms with Gasteiger partial charge in [0, 0.05) is 15.7 Å². The molecular weight excluding hydrogens is 587 g/mol. The van der Waals surface area contributed by atoms with Gasteiger partial charge in [0.1, 0.15) is 5.75 Å². The Bertz CT molecular complexity index is 1400. The van der Waals surface area contributed by atoms with E-state index < -0.39 is 11.1 Å². The first-order chi connectivity index (χ1) is 17.2. The summed E-state index contributed by atoms with van der Waals surface area (Å²) in [5.41, 5.74) is 2.93. The predicted octanol–water partition coefficient (Wildman–Crippen LogP) is 7.32. The molecule has 1 heterocycles. The highest BCUT2D eigenvalue weighted by Crippen LogP contribution is 2.36. The van der Waals surface area contributed by atoms with E-state index in [1.807, 2.05) is 25.1 Å². The Kier molecular flexibility index (Phi) is 8.41. The summed E-state index contributed by atoms with van der Waals surface area (Å²) < 4.78 is 6.50. The van der Waals surface area contributed by atoms with Crippen molar-refractivity contribution in [3.63, 3.8) is 0 Å². The Balaban J connectivity index is 1.48. The maximum atomic E-state index is 13.0. The number of ether oxygens (including phenoxy) is 1. The van der Waals surface area contributed by atoms with Crippen LogP contribution in [0.4, 0.5) is 10.5 Å². The molecule has 0 saturated carbocycles. The summed E-state index contributed by atoms with van der Waals surface area (Å²) >= 11 is 16.3. The first-order valence-corrected chi connectivity index (χ1v) is 13.0. The van der Waals surface area contributed by atoms with Gasteiger partial charge in [-0.3, -0.25) is 19.3 Å². The lowest BCUT2D eigenvalue weighted by Gasteiger charge is -2.13. The fourth-order valence-electron chi connectivity index (χ4n) is 3.42. The van der Waals surface area contributed by atoms with Crippen molar-refractivity contribution in [2.24, 2.45) is 0 Å². The Morgan fingerprint density at radius 2 is 1.89 bits per heavy atom. The van der Waals surface area contributed by atoms with Crippen LogP contribution in [0.3, 0.4) is 0 Å². The number of aryl methyl sites for hydroxylation is 1. The number of hydrogen-bond donors (Lipinski definition) is 1. The van der Waals surface area contributed by atoms with Gasteiger partial charge in [-0.15, -0.1) is 0 Å². The number of amides is 3. The number of nitrogens with zero attached hydrogens (tertiary/aromatic N) is 1. The summed E-state index contributed by atoms with van der Waals surface area (Å²) in [5, 5.41) is 3.13. The number of imide groups is 1. The number of rotatable bonds is 7. The Morgan fingerprint density at radius 1 is 1.08 bits per heavy atom. The topological polar surface area (TPSA) is 75.7 Å². The Labute approximate surface area is 230 Å². The molecule has 184 valence electrons. The van der Waals surface area contributed by atoms with Gasteiger partial charge in [-0.25, -0.2) is 0 Å². The van der Waals surface area contributed by atoms with E-state index in [0.717, 1.165) is 26.7 Å². The second kappa shape index (κ2) is 11.5. The molecule has 0 spiro atoms. The standard InChI is InChI=1S/C26H19BrCl2N2O4S/c1-15-3-2-4-19(9-15)30-24(32)14-35-22-8-6-18(27)11-17(22)12-23-25(33)31(26(34)36-23)13-16-5-7-20(28)21(29)10-16/h2-12H,13-14H2,1H3,(H,30,32)/b23-12-. The van der Waals surface area contributed by atoms with Crippen molar-refractivity contribution in [3.8, 4) is 5.75 Å². The minimum Gasteiger partial charge on any atom is -0.483 e. The van der Waals surface area contributed by atoms with Crippen LogP contribution in [0.15, 0.2) is 70.0 Å². The molecule has 0 aliphatic carbocycles. The van der Waals surface area contributed by atoms with Gasteiger partial charge in [-0.2, -0.15) is 0 Å². The molecule has 1 N–H and O–H groups in total. The first-order valence-electron chi connectivity index (χ1n) is 10.7. The van der Waals surface area contributed by atoms with E-state index in [2.05, 4.69) is 21.2 Å². The molecule has 36 heavy (non-hydrogen) atoms. The second-order valence-corrected chi connectivity index (χ2v) is 10.6. The molecule has 0 aromatic heterocycles. The minimum absolute atomic E-state index is 0.0693. The van der Waals surface area contributed by atoms with E-state index in [0.29, 0.717) is 32.6 Å². The molecule has 4 rings (SSSR count). The molecule has 0 unspecified atom stereocenters. The molecular formula is C26H19BrCl2N2O4S. The number of carbonyl (C=O) groups is 3. The van der Waals surface area contributed by atoms with Crippen LogP contribution in [-0.2, 0) is 16.1 Å². The van der Waals surface area contributed by atoms with Gasteiger partial charge in [0.2, 0.25) is 0 Å². The van der Waals surface area contributed by atoms with Crippen molar-refractivity contribution in [2.45, 2.75) is 13.5 Å². The molecule has 3 aromatic carbocycles. The molecule has 1 aliphatic rings. The molecule has 6 nitrogen and oxygen atoms in total. The zero-order chi connectivity index (χ0) is 25.8. The van der Waals surface area contributed by atoms with E-state index in [4.69, 9.17) is 27.9 Å². The number of thioether (sulfide) groups is 1. The quantitative estimate of drug-likeness (QED) is 0.286. The summed E-state index contributed by atoms with van der Waals surface area (Å²) in [6.45, 7) is 1.78. The zero-order valence-electron chi connectivity index (χ0n) is 18.9. The maximum absolute atomic E-state index is 13.0. The van der Waals surface area contributed by atoms with Crippen LogP contribution >= 0.6 is 50.9 Å². The summed E-state index contributed by atoms with van der Waals surface area (Å²) in [6.07, 6.45) is 1.58. The largest absolute Gasteiger partial charge is 0.483 e. The molecule has 1 aliphatic heterocycles. The number of hydrogen-bond acceptors (Lipinski definition) is 5. The Morgan fingerprint density at radius 3 is 2.64 bits per heavy atom. The lowest BCUT2D eigenvalue weighted by molar-refractivity contribution is -0.123. The number of nitrogens with one attached hydrogen (secondary N) is 1. The normalized spacial score (nSPS) is 14.4. The molecule has 1 saturated heterocycles. The SMILES string of the molecule is Cc1cccc(NC(=O)COc2ccc(Br)cc2/C=C2\SC(=O)N(Cc3ccc(Cl)c(Cl)c3)C2=O)c1. The highest BCUT2D eigenvalue weighted by atomic mass is 79.9. The molecule has 0 atom stereocenters. The lowest BCUT2D eigenvalue weighted by Crippen LogP contribution is -2.27. The van der Waals surface area contributed by atoms with Crippen molar-refractivity contribution in [1.82, 2.24) is 4.90 Å². The molecule has 0 radical (unpaired) electrons. The molecule has 10 heteroatoms. The lowest BCUT2D eigenvalue weighted by atomic mass is 10.1. The second-order valence-electron chi connectivity index (χ2n) is 7.90. The van der Waals surface area contributed by atoms with E-state index in [-0.39, 0.29) is 24.0 Å². The number of benzene rings is 3. The molecule has 3 amide bonds. The van der Waals surface area contributed by atoms with Crippen LogP contribution in [0.5, 0.6) is 5.75 Å². The Hall–Kier alpha value is -2.78. The molecule has 0 bridgehead atoms. The number of carbonyl (C=O) groups excluding carboxylic acids is 3. The summed E-state index contributed by atoms with van der Waals surface area (Å²) in [5.74, 6) is -0.357. The smallest absolute Gasteiger partial charge is 0.293 e. The first kappa shape index (κ1) is 26.3. The van der Waals surface area contributed by atoms with Crippen molar-refractivity contribution in [2.75, 3.05) is 11.9 Å². The fraction of sp³-hybridized carbons (Fsp3) is 0.115. The van der Waals surface area contributed by atoms with Crippen LogP contribution < -0.4 is 10.1 Å². The number of halogens is 3. The van der Waals surface area contributed by atoms with Crippen LogP contribution in [-0.4, -0.2) is 28.6 Å². The summed E-state index contributed by atoms with van der Waals surface area (Å²) in [7, 11) is 0. The van der Waals surface area contributed by atoms with Crippen LogP contribution in [0, 0.1) is 6.92 Å². The highest BCUT2D eigenvalue weighted by Gasteiger charge is 2.35. The summed E-state index contributed by atoms with van der Waals surface area (Å²) in [6, 6.07) is 17.6. The highest BCUT2D eigenvalue weighted by molar-refractivity contribution is 9.10. The van der Waals surface area contributed by atoms with Crippen molar-refractivity contribution >= 4 is 79.7 Å². The van der Waals surface area contributed by atoms with E-state index in [1.165, 1.54) is 0 Å². The average Bonchev–Trinajstić information content (AvgIpc) is 3.08. The van der Waals surface area contributed by atoms with Gasteiger partial charge < -0.3 is 10.1 Å². The van der Waals surface area contributed by atoms with Crippen molar-refractivity contribution < 1.29 is 19.1 Å². The van der Waals surface area contributed by atoms with Crippen LogP contribution in [0.25, 0.3) is 6.08 Å². The van der Waals surface area contributed by atoms with Gasteiger partial charge in [0.15, 0.2) is 6.61 Å². The molecule has 3 aromatic rings. The zero-order valence-corrected chi connectivity index (χ0v) is 22.8. The fourth-order valence-corrected chi connectivity index (χ4v) is 4.95. The average molecular weight is 606 g/mol. The van der Waals surface area contributed by atoms with E-state index >= 15 is 0 Å². The predicted molar refractivity (Wildman–Crippen MR) is 147 cm³/mol. The van der Waals surface area contributed by atoms with Crippen molar-refractivity contribution in [1.29, 1.82) is 0 Å². The number of anilines is 1. The third-order valence-corrected chi connectivity index (χ3v) is 7.26. The third-order valence-electron chi connectivity index (χ3n) is 5.12. The van der Waals surface area contributed by atoms with E-state index in [1.54, 1.807) is 48.5 Å².